The molecule has 0 saturated heterocycles. The standard InChI is InChI=1S/C28H24F2N2O2.2H2/c1-18-7-3-4-11-26(18)32-23-8-5-9-24(16-23)34-27-12-6-10-25(19(27)2)28(33)31-17-20-13-21(29)15-22(30)14-20;;/h3-16,32H,17H2,1-2H3,(H,31,33);2*1H. The summed E-state index contributed by atoms with van der Waals surface area (Å²) >= 11 is 0. The Balaban J connectivity index is 0.00000228. The van der Waals surface area contributed by atoms with E-state index in [4.69, 9.17) is 4.74 Å². The maximum atomic E-state index is 13.4. The number of para-hydroxylation sites is 1. The third-order valence-electron chi connectivity index (χ3n) is 5.39. The van der Waals surface area contributed by atoms with E-state index < -0.39 is 11.6 Å². The molecule has 4 aromatic carbocycles. The van der Waals surface area contributed by atoms with Gasteiger partial charge in [-0.1, -0.05) is 30.3 Å². The Hall–Kier alpha value is -4.19. The number of benzene rings is 4. The number of halogens is 2. The summed E-state index contributed by atoms with van der Waals surface area (Å²) in [7, 11) is 0. The number of hydrogen-bond donors (Lipinski definition) is 2. The first kappa shape index (κ1) is 23.0. The van der Waals surface area contributed by atoms with Gasteiger partial charge in [-0.25, -0.2) is 8.78 Å². The summed E-state index contributed by atoms with van der Waals surface area (Å²) in [5.41, 5.74) is 4.43. The van der Waals surface area contributed by atoms with Crippen LogP contribution in [-0.2, 0) is 6.54 Å². The molecule has 6 heteroatoms. The van der Waals surface area contributed by atoms with Crippen LogP contribution >= 0.6 is 0 Å². The second kappa shape index (κ2) is 10.2. The molecule has 0 atom stereocenters. The van der Waals surface area contributed by atoms with Crippen molar-refractivity contribution in [1.29, 1.82) is 0 Å². The number of carbonyl (C=O) groups excluding carboxylic acids is 1. The molecule has 0 heterocycles. The summed E-state index contributed by atoms with van der Waals surface area (Å²) in [6, 6.07) is 23.9. The van der Waals surface area contributed by atoms with Gasteiger partial charge in [0.2, 0.25) is 0 Å². The molecule has 0 aliphatic carbocycles. The molecule has 4 nitrogen and oxygen atoms in total. The smallest absolute Gasteiger partial charge is 0.251 e. The van der Waals surface area contributed by atoms with Gasteiger partial charge >= 0.3 is 0 Å². The van der Waals surface area contributed by atoms with E-state index in [0.717, 1.165) is 23.0 Å². The molecular weight excluding hydrogens is 434 g/mol. The lowest BCUT2D eigenvalue weighted by molar-refractivity contribution is 0.0950. The summed E-state index contributed by atoms with van der Waals surface area (Å²) in [4.78, 5) is 12.7. The Labute approximate surface area is 200 Å². The number of nitrogens with one attached hydrogen (secondary N) is 2. The Morgan fingerprint density at radius 3 is 2.38 bits per heavy atom. The van der Waals surface area contributed by atoms with Crippen molar-refractivity contribution in [2.24, 2.45) is 0 Å². The fourth-order valence-electron chi connectivity index (χ4n) is 3.59. The molecule has 0 fully saturated rings. The van der Waals surface area contributed by atoms with E-state index in [1.807, 2.05) is 55.5 Å². The summed E-state index contributed by atoms with van der Waals surface area (Å²) in [5.74, 6) is -0.570. The summed E-state index contributed by atoms with van der Waals surface area (Å²) in [5, 5.41) is 6.09. The van der Waals surface area contributed by atoms with E-state index in [9.17, 15) is 13.6 Å². The van der Waals surface area contributed by atoms with Crippen molar-refractivity contribution in [3.8, 4) is 11.5 Å². The van der Waals surface area contributed by atoms with Crippen molar-refractivity contribution in [1.82, 2.24) is 5.32 Å². The van der Waals surface area contributed by atoms with Gasteiger partial charge in [0.25, 0.3) is 5.91 Å². The molecule has 4 rings (SSSR count). The quantitative estimate of drug-likeness (QED) is 0.298. The number of ether oxygens (including phenoxy) is 1. The van der Waals surface area contributed by atoms with E-state index in [0.29, 0.717) is 28.2 Å². The van der Waals surface area contributed by atoms with Gasteiger partial charge < -0.3 is 15.4 Å². The zero-order chi connectivity index (χ0) is 24.1. The molecule has 2 N–H and O–H groups in total. The number of anilines is 2. The minimum atomic E-state index is -0.685. The highest BCUT2D eigenvalue weighted by Crippen LogP contribution is 2.30. The van der Waals surface area contributed by atoms with Crippen molar-refractivity contribution in [3.05, 3.63) is 119 Å². The van der Waals surface area contributed by atoms with Crippen LogP contribution in [0, 0.1) is 25.5 Å². The molecule has 0 saturated carbocycles. The van der Waals surface area contributed by atoms with E-state index in [1.54, 1.807) is 25.1 Å². The van der Waals surface area contributed by atoms with Crippen molar-refractivity contribution in [2.75, 3.05) is 5.32 Å². The summed E-state index contributed by atoms with van der Waals surface area (Å²) < 4.78 is 32.9. The van der Waals surface area contributed by atoms with Crippen LogP contribution in [0.3, 0.4) is 0 Å². The second-order valence-corrected chi connectivity index (χ2v) is 7.96. The molecule has 176 valence electrons. The minimum Gasteiger partial charge on any atom is -0.457 e. The van der Waals surface area contributed by atoms with Crippen molar-refractivity contribution >= 4 is 17.3 Å². The highest BCUT2D eigenvalue weighted by Gasteiger charge is 2.14. The van der Waals surface area contributed by atoms with E-state index in [2.05, 4.69) is 10.6 Å². The molecule has 0 bridgehead atoms. The fraction of sp³-hybridized carbons (Fsp3) is 0.107. The van der Waals surface area contributed by atoms with E-state index in [1.165, 1.54) is 12.1 Å². The van der Waals surface area contributed by atoms with Gasteiger partial charge in [0, 0.05) is 44.0 Å². The van der Waals surface area contributed by atoms with Crippen LogP contribution in [0.1, 0.15) is 29.9 Å². The lowest BCUT2D eigenvalue weighted by Gasteiger charge is -2.14. The number of hydrogen-bond acceptors (Lipinski definition) is 3. The highest BCUT2D eigenvalue weighted by atomic mass is 19.1. The minimum absolute atomic E-state index is 0. The molecule has 0 unspecified atom stereocenters. The van der Waals surface area contributed by atoms with Crippen LogP contribution in [0.4, 0.5) is 20.2 Å². The lowest BCUT2D eigenvalue weighted by Crippen LogP contribution is -2.23. The monoisotopic (exact) mass is 462 g/mol. The van der Waals surface area contributed by atoms with Crippen molar-refractivity contribution in [3.63, 3.8) is 0 Å². The van der Waals surface area contributed by atoms with Crippen molar-refractivity contribution in [2.45, 2.75) is 20.4 Å². The molecule has 0 aromatic heterocycles. The Kier molecular flexibility index (Phi) is 6.87. The molecule has 0 spiro atoms. The molecule has 0 aliphatic rings. The van der Waals surface area contributed by atoms with Gasteiger partial charge in [-0.2, -0.15) is 0 Å². The normalized spacial score (nSPS) is 10.6. The highest BCUT2D eigenvalue weighted by molar-refractivity contribution is 5.96. The third-order valence-corrected chi connectivity index (χ3v) is 5.39. The third kappa shape index (κ3) is 5.59. The predicted molar refractivity (Wildman–Crippen MR) is 134 cm³/mol. The molecule has 34 heavy (non-hydrogen) atoms. The summed E-state index contributed by atoms with van der Waals surface area (Å²) in [6.45, 7) is 3.83. The average molecular weight is 463 g/mol. The molecule has 4 aromatic rings. The summed E-state index contributed by atoms with van der Waals surface area (Å²) in [6.07, 6.45) is 0. The number of amides is 1. The largest absolute Gasteiger partial charge is 0.457 e. The maximum Gasteiger partial charge on any atom is 0.251 e. The average Bonchev–Trinajstić information content (AvgIpc) is 2.80. The lowest BCUT2D eigenvalue weighted by atomic mass is 10.1. The van der Waals surface area contributed by atoms with Gasteiger partial charge in [-0.05, 0) is 67.4 Å². The van der Waals surface area contributed by atoms with Crippen LogP contribution in [0.2, 0.25) is 0 Å². The number of carbonyl (C=O) groups is 1. The number of rotatable bonds is 7. The fourth-order valence-corrected chi connectivity index (χ4v) is 3.59. The van der Waals surface area contributed by atoms with Crippen LogP contribution in [-0.4, -0.2) is 5.91 Å². The van der Waals surface area contributed by atoms with Crippen LogP contribution < -0.4 is 15.4 Å². The van der Waals surface area contributed by atoms with Gasteiger partial charge in [-0.3, -0.25) is 4.79 Å². The van der Waals surface area contributed by atoms with Gasteiger partial charge in [0.1, 0.15) is 23.1 Å². The molecule has 0 radical (unpaired) electrons. The van der Waals surface area contributed by atoms with Crippen LogP contribution in [0.5, 0.6) is 11.5 Å². The Morgan fingerprint density at radius 1 is 0.882 bits per heavy atom. The first-order valence-corrected chi connectivity index (χ1v) is 10.8. The molecular formula is C28H28F2N2O2. The SMILES string of the molecule is Cc1ccccc1Nc1cccc(Oc2cccc(C(=O)NCc3cc(F)cc(F)c3)c2C)c1.[HH].[HH]. The zero-order valence-electron chi connectivity index (χ0n) is 18.9. The first-order valence-electron chi connectivity index (χ1n) is 10.8. The van der Waals surface area contributed by atoms with Crippen molar-refractivity contribution < 1.29 is 21.2 Å². The van der Waals surface area contributed by atoms with E-state index >= 15 is 0 Å². The topological polar surface area (TPSA) is 50.4 Å². The Bertz CT molecular complexity index is 1330. The van der Waals surface area contributed by atoms with Gasteiger partial charge in [0.15, 0.2) is 0 Å². The Morgan fingerprint density at radius 2 is 1.62 bits per heavy atom. The van der Waals surface area contributed by atoms with Crippen LogP contribution in [0.15, 0.2) is 84.9 Å². The van der Waals surface area contributed by atoms with Gasteiger partial charge in [0.05, 0.1) is 0 Å². The van der Waals surface area contributed by atoms with Crippen LogP contribution in [0.25, 0.3) is 0 Å². The van der Waals surface area contributed by atoms with E-state index in [-0.39, 0.29) is 15.3 Å². The second-order valence-electron chi connectivity index (χ2n) is 7.96. The predicted octanol–water partition coefficient (Wildman–Crippen LogP) is 7.54. The molecule has 0 aliphatic heterocycles. The maximum absolute atomic E-state index is 13.4. The molecule has 1 amide bonds. The number of aryl methyl sites for hydroxylation is 1. The zero-order valence-corrected chi connectivity index (χ0v) is 18.9. The van der Waals surface area contributed by atoms with Gasteiger partial charge in [-0.15, -0.1) is 0 Å². The first-order chi connectivity index (χ1) is 16.4.